The molecule has 0 aliphatic carbocycles. The SMILES string of the molecule is [2H]c1c([2H])c([2H])c2c(c1[2H])c1ccc(Oc3cc(N4CN(c5c(/C6=C/C=C\N/C=C\C=C/[B]6)cccc5/C5=C/C=C\N/C=C\C=C/[B]5)c5ccccc54)cc(-c4c(C(C)(C)C)cccc4C(C)(C)C)n3)cc1n2-c1cc(C(C)(C)C)ccn1. The normalized spacial score (nSPS) is 19.3. The van der Waals surface area contributed by atoms with Crippen LogP contribution in [-0.2, 0) is 16.2 Å². The number of pyridine rings is 2. The lowest BCUT2D eigenvalue weighted by Crippen LogP contribution is -2.26. The van der Waals surface area contributed by atoms with Gasteiger partial charge in [0.05, 0.1) is 45.0 Å². The first-order valence-electron chi connectivity index (χ1n) is 29.0. The zero-order chi connectivity index (χ0) is 58.4. The number of benzene rings is 5. The van der Waals surface area contributed by atoms with Gasteiger partial charge in [0.15, 0.2) is 14.6 Å². The lowest BCUT2D eigenvalue weighted by molar-refractivity contribution is 0.464. The summed E-state index contributed by atoms with van der Waals surface area (Å²) in [4.78, 5) is 15.1. The summed E-state index contributed by atoms with van der Waals surface area (Å²) in [5.74, 6) is 5.51. The van der Waals surface area contributed by atoms with E-state index in [1.165, 1.54) is 0 Å². The molecule has 2 radical (unpaired) electrons. The van der Waals surface area contributed by atoms with E-state index < -0.39 is 0 Å². The van der Waals surface area contributed by atoms with Gasteiger partial charge in [-0.2, -0.15) is 0 Å². The highest BCUT2D eigenvalue weighted by atomic mass is 16.5. The molecular weight excluding hydrogens is 964 g/mol. The molecule has 8 aromatic rings. The summed E-state index contributed by atoms with van der Waals surface area (Å²) in [6.07, 6.45) is 25.8. The summed E-state index contributed by atoms with van der Waals surface area (Å²) >= 11 is 0. The smallest absolute Gasteiger partial charge is 0.221 e. The van der Waals surface area contributed by atoms with Gasteiger partial charge in [-0.25, -0.2) is 9.97 Å². The van der Waals surface area contributed by atoms with Crippen LogP contribution in [0.5, 0.6) is 11.6 Å². The minimum Gasteiger partial charge on any atom is -0.439 e. The van der Waals surface area contributed by atoms with Crippen molar-refractivity contribution in [3.63, 3.8) is 0 Å². The molecule has 2 N–H and O–H groups in total. The lowest BCUT2D eigenvalue weighted by Gasteiger charge is -2.31. The van der Waals surface area contributed by atoms with Gasteiger partial charge in [-0.15, -0.1) is 12.0 Å². The minimum absolute atomic E-state index is 0.117. The highest BCUT2D eigenvalue weighted by Crippen LogP contribution is 2.50. The molecule has 3 aromatic heterocycles. The van der Waals surface area contributed by atoms with Crippen LogP contribution in [0.15, 0.2) is 219 Å². The van der Waals surface area contributed by atoms with Crippen LogP contribution in [0.25, 0.3) is 49.8 Å². The van der Waals surface area contributed by atoms with E-state index in [4.69, 9.17) is 17.4 Å². The van der Waals surface area contributed by atoms with Crippen molar-refractivity contribution in [2.24, 2.45) is 0 Å². The van der Waals surface area contributed by atoms with Crippen molar-refractivity contribution in [1.82, 2.24) is 25.2 Å². The van der Waals surface area contributed by atoms with Crippen LogP contribution in [0.4, 0.5) is 22.7 Å². The third kappa shape index (κ3) is 10.8. The van der Waals surface area contributed by atoms with E-state index in [0.717, 1.165) is 72.8 Å². The molecule has 79 heavy (non-hydrogen) atoms. The van der Waals surface area contributed by atoms with Crippen molar-refractivity contribution >= 4 is 70.1 Å². The number of allylic oxidation sites excluding steroid dienone is 8. The molecule has 0 amide bonds. The summed E-state index contributed by atoms with van der Waals surface area (Å²) in [7, 11) is 4.32. The molecule has 5 aromatic carbocycles. The highest BCUT2D eigenvalue weighted by Gasteiger charge is 2.34. The highest BCUT2D eigenvalue weighted by molar-refractivity contribution is 6.67. The fourth-order valence-corrected chi connectivity index (χ4v) is 10.6. The van der Waals surface area contributed by atoms with Gasteiger partial charge in [0.2, 0.25) is 5.88 Å². The fourth-order valence-electron chi connectivity index (χ4n) is 10.6. The molecule has 0 saturated carbocycles. The van der Waals surface area contributed by atoms with E-state index >= 15 is 0 Å². The van der Waals surface area contributed by atoms with Gasteiger partial charge in [-0.05, 0) is 117 Å². The molecule has 0 bridgehead atoms. The van der Waals surface area contributed by atoms with Crippen molar-refractivity contribution in [1.29, 1.82) is 0 Å². The second-order valence-electron chi connectivity index (χ2n) is 23.1. The molecule has 3 aliphatic rings. The molecule has 6 heterocycles. The van der Waals surface area contributed by atoms with Crippen LogP contribution in [0.2, 0.25) is 0 Å². The van der Waals surface area contributed by atoms with Crippen molar-refractivity contribution in [2.75, 3.05) is 16.5 Å². The second-order valence-corrected chi connectivity index (χ2v) is 23.1. The largest absolute Gasteiger partial charge is 0.439 e. The third-order valence-corrected chi connectivity index (χ3v) is 14.5. The summed E-state index contributed by atoms with van der Waals surface area (Å²) in [6.45, 7) is 20.3. The topological polar surface area (TPSA) is 70.5 Å². The Morgan fingerprint density at radius 3 is 1.85 bits per heavy atom. The van der Waals surface area contributed by atoms with Crippen molar-refractivity contribution in [2.45, 2.75) is 78.6 Å². The summed E-state index contributed by atoms with van der Waals surface area (Å²) in [6, 6.07) is 34.7. The third-order valence-electron chi connectivity index (χ3n) is 14.5. The predicted octanol–water partition coefficient (Wildman–Crippen LogP) is 16.6. The maximum absolute atomic E-state index is 9.29. The number of anilines is 4. The molecule has 10 heteroatoms. The lowest BCUT2D eigenvalue weighted by atomic mass is 9.63. The van der Waals surface area contributed by atoms with Crippen LogP contribution in [-0.4, -0.2) is 35.8 Å². The van der Waals surface area contributed by atoms with Gasteiger partial charge < -0.3 is 25.2 Å². The Bertz CT molecular complexity index is 4030. The molecule has 0 unspecified atom stereocenters. The Hall–Kier alpha value is -8.75. The van der Waals surface area contributed by atoms with Gasteiger partial charge in [0.25, 0.3) is 0 Å². The Balaban J connectivity index is 1.13. The number of hydrogen-bond donors (Lipinski definition) is 2. The number of hydrogen-bond acceptors (Lipinski definition) is 7. The Morgan fingerprint density at radius 1 is 0.582 bits per heavy atom. The van der Waals surface area contributed by atoms with Crippen LogP contribution in [0, 0.1) is 0 Å². The number of aromatic nitrogens is 3. The number of nitrogens with zero attached hydrogens (tertiary/aromatic N) is 5. The summed E-state index contributed by atoms with van der Waals surface area (Å²) in [5.41, 5.74) is 13.4. The van der Waals surface area contributed by atoms with Gasteiger partial charge in [0, 0.05) is 59.5 Å². The average Bonchev–Trinajstić information content (AvgIpc) is 2.23. The Labute approximate surface area is 473 Å². The zero-order valence-corrected chi connectivity index (χ0v) is 46.5. The number of ether oxygens (including phenoxy) is 1. The number of fused-ring (bicyclic) bond motifs is 4. The van der Waals surface area contributed by atoms with Crippen molar-refractivity contribution in [3.8, 4) is 28.7 Å². The predicted molar refractivity (Wildman–Crippen MR) is 335 cm³/mol. The van der Waals surface area contributed by atoms with E-state index in [1.807, 2.05) is 102 Å². The van der Waals surface area contributed by atoms with Crippen LogP contribution in [0.1, 0.15) is 95.6 Å². The maximum atomic E-state index is 9.29. The van der Waals surface area contributed by atoms with Gasteiger partial charge >= 0.3 is 0 Å². The van der Waals surface area contributed by atoms with E-state index in [9.17, 15) is 2.74 Å². The molecule has 0 atom stereocenters. The summed E-state index contributed by atoms with van der Waals surface area (Å²) in [5, 5.41) is 7.54. The van der Waals surface area contributed by atoms with Crippen LogP contribution < -0.4 is 25.2 Å². The van der Waals surface area contributed by atoms with Crippen LogP contribution in [0.3, 0.4) is 0 Å². The minimum atomic E-state index is -0.313. The second kappa shape index (κ2) is 21.6. The summed E-state index contributed by atoms with van der Waals surface area (Å²) < 4.78 is 45.0. The van der Waals surface area contributed by atoms with E-state index in [-0.39, 0.29) is 40.4 Å². The van der Waals surface area contributed by atoms with Gasteiger partial charge in [-0.1, -0.05) is 164 Å². The Morgan fingerprint density at radius 2 is 1.20 bits per heavy atom. The molecule has 0 spiro atoms. The zero-order valence-electron chi connectivity index (χ0n) is 50.5. The molecule has 3 aliphatic heterocycles. The standard InChI is InChI=1S/C69H67B2N7O/c1-67(2,3)47-34-41-74-63(42-47)78-59-29-11-10-22-50(59)51-33-32-49(45-62(51)78)79-64-44-48(43-58(75-64)65-54(68(4,5)6)25-19-26-55(65)69(7,8)9)76-46-77(61-31-13-12-30-60(61)76)66-52(56-27-20-39-72-37-16-14-35-70-56)23-18-24-53(66)57-28-21-40-73-38-17-15-36-71-57/h10-45,72-73H,46H2,1-9H3/b35-14-,36-15-,37-16-,38-17-,39-20-,40-21-,56-27-,57-28-/i10D,11D,22D,29D. The Kier molecular flexibility index (Phi) is 13.0. The molecule has 0 saturated heterocycles. The van der Waals surface area contributed by atoms with Crippen LogP contribution >= 0.6 is 0 Å². The molecule has 0 fully saturated rings. The van der Waals surface area contributed by atoms with Crippen molar-refractivity contribution in [3.05, 3.63) is 247 Å². The number of rotatable bonds is 8. The van der Waals surface area contributed by atoms with E-state index in [0.29, 0.717) is 45.9 Å². The van der Waals surface area contributed by atoms with E-state index in [2.05, 4.69) is 188 Å². The molecule has 390 valence electrons. The van der Waals surface area contributed by atoms with Gasteiger partial charge in [-0.3, -0.25) is 4.57 Å². The maximum Gasteiger partial charge on any atom is 0.221 e. The van der Waals surface area contributed by atoms with Crippen molar-refractivity contribution < 1.29 is 10.2 Å². The number of para-hydroxylation sites is 4. The fraction of sp³-hybridized carbons (Fsp3) is 0.188. The first kappa shape index (κ1) is 47.5. The average molecular weight is 1040 g/mol. The first-order chi connectivity index (χ1) is 39.8. The monoisotopic (exact) mass is 1040 g/mol. The first-order valence-corrected chi connectivity index (χ1v) is 27.0. The quantitative estimate of drug-likeness (QED) is 0.147. The molecule has 8 nitrogen and oxygen atoms in total. The van der Waals surface area contributed by atoms with Gasteiger partial charge in [0.1, 0.15) is 18.2 Å². The molecule has 11 rings (SSSR count). The molecular formula is C69H67B2N7O. The number of nitrogens with one attached hydrogen (secondary N) is 2. The van der Waals surface area contributed by atoms with E-state index in [1.54, 1.807) is 6.20 Å².